The Kier molecular flexibility index (Phi) is 7.47. The lowest BCUT2D eigenvalue weighted by Gasteiger charge is -2.27. The van der Waals surface area contributed by atoms with Crippen LogP contribution in [0.25, 0.3) is 0 Å². The summed E-state index contributed by atoms with van der Waals surface area (Å²) in [5.41, 5.74) is 0. The number of alkyl carbamates (subject to hydrolysis) is 1. The van der Waals surface area contributed by atoms with Crippen molar-refractivity contribution in [3.05, 3.63) is 0 Å². The van der Waals surface area contributed by atoms with Crippen LogP contribution < -0.4 is 5.32 Å². The molecule has 0 aromatic carbocycles. The van der Waals surface area contributed by atoms with Crippen LogP contribution in [0.5, 0.6) is 0 Å². The number of methoxy groups -OCH3 is 1. The Balaban J connectivity index is 3.76. The fraction of sp³-hybridized carbons (Fsp3) is 0.909. The first kappa shape index (κ1) is 14.5. The minimum absolute atomic E-state index is 0.313. The molecule has 0 aromatic heterocycles. The van der Waals surface area contributed by atoms with E-state index in [1.54, 1.807) is 0 Å². The standard InChI is InChI=1S/C11H25NO2Si/c1-5-15(6-2,7-3)10-8-9-12-11(13)14-4/h5-10H2,1-4H3,(H,12,13). The van der Waals surface area contributed by atoms with Gasteiger partial charge in [-0.05, 0) is 6.42 Å². The molecule has 0 saturated carbocycles. The van der Waals surface area contributed by atoms with Crippen molar-refractivity contribution in [3.63, 3.8) is 0 Å². The molecule has 0 atom stereocenters. The molecule has 1 amide bonds. The van der Waals surface area contributed by atoms with Crippen LogP contribution in [0.4, 0.5) is 4.79 Å². The molecule has 90 valence electrons. The van der Waals surface area contributed by atoms with E-state index >= 15 is 0 Å². The SMILES string of the molecule is CC[Si](CC)(CC)CCCNC(=O)OC. The van der Waals surface area contributed by atoms with Gasteiger partial charge in [-0.2, -0.15) is 0 Å². The number of amides is 1. The molecule has 0 heterocycles. The number of rotatable bonds is 7. The van der Waals surface area contributed by atoms with Crippen molar-refractivity contribution >= 4 is 14.2 Å². The first-order valence-electron chi connectivity index (χ1n) is 5.96. The van der Waals surface area contributed by atoms with E-state index in [1.165, 1.54) is 31.3 Å². The zero-order chi connectivity index (χ0) is 11.7. The molecule has 0 aromatic rings. The average molecular weight is 231 g/mol. The van der Waals surface area contributed by atoms with Gasteiger partial charge in [-0.3, -0.25) is 0 Å². The van der Waals surface area contributed by atoms with Gasteiger partial charge in [0.1, 0.15) is 0 Å². The molecule has 0 aliphatic carbocycles. The maximum absolute atomic E-state index is 10.8. The first-order valence-corrected chi connectivity index (χ1v) is 8.78. The third-order valence-corrected chi connectivity index (χ3v) is 9.50. The van der Waals surface area contributed by atoms with E-state index < -0.39 is 8.07 Å². The van der Waals surface area contributed by atoms with Crippen molar-refractivity contribution in [2.24, 2.45) is 0 Å². The van der Waals surface area contributed by atoms with E-state index in [4.69, 9.17) is 0 Å². The van der Waals surface area contributed by atoms with Gasteiger partial charge in [0.15, 0.2) is 0 Å². The summed E-state index contributed by atoms with van der Waals surface area (Å²) in [5.74, 6) is 0. The van der Waals surface area contributed by atoms with Crippen LogP contribution in [-0.2, 0) is 4.74 Å². The second-order valence-corrected chi connectivity index (χ2v) is 9.70. The number of ether oxygens (including phenoxy) is 1. The summed E-state index contributed by atoms with van der Waals surface area (Å²) in [6, 6.07) is 5.40. The van der Waals surface area contributed by atoms with Crippen molar-refractivity contribution in [1.82, 2.24) is 5.32 Å². The predicted molar refractivity (Wildman–Crippen MR) is 67.0 cm³/mol. The fourth-order valence-electron chi connectivity index (χ4n) is 2.01. The monoisotopic (exact) mass is 231 g/mol. The lowest BCUT2D eigenvalue weighted by molar-refractivity contribution is 0.171. The maximum atomic E-state index is 10.8. The molecule has 0 spiro atoms. The Morgan fingerprint density at radius 1 is 1.20 bits per heavy atom. The molecule has 3 nitrogen and oxygen atoms in total. The fourth-order valence-corrected chi connectivity index (χ4v) is 5.49. The highest BCUT2D eigenvalue weighted by molar-refractivity contribution is 6.79. The van der Waals surface area contributed by atoms with Crippen LogP contribution in [0, 0.1) is 0 Å². The van der Waals surface area contributed by atoms with Crippen molar-refractivity contribution < 1.29 is 9.53 Å². The Hall–Kier alpha value is -0.513. The molecule has 0 bridgehead atoms. The molecule has 0 aliphatic rings. The van der Waals surface area contributed by atoms with E-state index in [-0.39, 0.29) is 6.09 Å². The largest absolute Gasteiger partial charge is 0.453 e. The molecule has 0 fully saturated rings. The molecule has 15 heavy (non-hydrogen) atoms. The highest BCUT2D eigenvalue weighted by Crippen LogP contribution is 2.26. The van der Waals surface area contributed by atoms with Gasteiger partial charge in [0.05, 0.1) is 15.2 Å². The summed E-state index contributed by atoms with van der Waals surface area (Å²) in [7, 11) is 0.410. The topological polar surface area (TPSA) is 38.3 Å². The third kappa shape index (κ3) is 5.21. The third-order valence-electron chi connectivity index (χ3n) is 3.59. The van der Waals surface area contributed by atoms with E-state index in [0.717, 1.165) is 13.0 Å². The molecule has 4 heteroatoms. The lowest BCUT2D eigenvalue weighted by Crippen LogP contribution is -2.33. The Labute approximate surface area is 94.6 Å². The summed E-state index contributed by atoms with van der Waals surface area (Å²) in [6.07, 6.45) is 0.781. The molecule has 0 rings (SSSR count). The summed E-state index contributed by atoms with van der Waals surface area (Å²) in [6.45, 7) is 7.69. The molecule has 1 N–H and O–H groups in total. The van der Waals surface area contributed by atoms with E-state index in [0.29, 0.717) is 0 Å². The number of hydrogen-bond acceptors (Lipinski definition) is 2. The van der Waals surface area contributed by atoms with Gasteiger partial charge in [-0.1, -0.05) is 44.9 Å². The smallest absolute Gasteiger partial charge is 0.406 e. The van der Waals surface area contributed by atoms with Crippen LogP contribution in [0.2, 0.25) is 24.2 Å². The average Bonchev–Trinajstić information content (AvgIpc) is 2.30. The van der Waals surface area contributed by atoms with Gasteiger partial charge >= 0.3 is 6.09 Å². The van der Waals surface area contributed by atoms with Gasteiger partial charge in [-0.25, -0.2) is 4.79 Å². The van der Waals surface area contributed by atoms with Gasteiger partial charge in [0.2, 0.25) is 0 Å². The van der Waals surface area contributed by atoms with Crippen molar-refractivity contribution in [2.75, 3.05) is 13.7 Å². The normalized spacial score (nSPS) is 11.2. The highest BCUT2D eigenvalue weighted by Gasteiger charge is 2.25. The molecule has 0 aliphatic heterocycles. The number of carbonyl (C=O) groups is 1. The first-order chi connectivity index (χ1) is 7.14. The van der Waals surface area contributed by atoms with Crippen molar-refractivity contribution in [2.45, 2.75) is 51.4 Å². The second-order valence-electron chi connectivity index (χ2n) is 4.08. The van der Waals surface area contributed by atoms with Gasteiger partial charge in [-0.15, -0.1) is 0 Å². The molecular weight excluding hydrogens is 206 g/mol. The summed E-state index contributed by atoms with van der Waals surface area (Å²) >= 11 is 0. The molecule has 0 unspecified atom stereocenters. The van der Waals surface area contributed by atoms with Crippen LogP contribution in [-0.4, -0.2) is 27.8 Å². The van der Waals surface area contributed by atoms with Gasteiger partial charge in [0, 0.05) is 6.54 Å². The number of nitrogens with one attached hydrogen (secondary N) is 1. The molecular formula is C11H25NO2Si. The maximum Gasteiger partial charge on any atom is 0.406 e. The zero-order valence-electron chi connectivity index (χ0n) is 10.6. The van der Waals surface area contributed by atoms with Crippen LogP contribution >= 0.6 is 0 Å². The van der Waals surface area contributed by atoms with E-state index in [2.05, 4.69) is 30.8 Å². The van der Waals surface area contributed by atoms with Gasteiger partial charge in [0.25, 0.3) is 0 Å². The Bertz CT molecular complexity index is 173. The minimum Gasteiger partial charge on any atom is -0.453 e. The Morgan fingerprint density at radius 3 is 2.13 bits per heavy atom. The summed E-state index contributed by atoms with van der Waals surface area (Å²) in [5, 5.41) is 2.74. The van der Waals surface area contributed by atoms with Crippen molar-refractivity contribution in [1.29, 1.82) is 0 Å². The minimum atomic E-state index is -0.992. The number of carbonyl (C=O) groups excluding carboxylic acids is 1. The van der Waals surface area contributed by atoms with E-state index in [1.807, 2.05) is 0 Å². The highest BCUT2D eigenvalue weighted by atomic mass is 28.3. The summed E-state index contributed by atoms with van der Waals surface area (Å²) < 4.78 is 4.52. The molecule has 0 radical (unpaired) electrons. The van der Waals surface area contributed by atoms with E-state index in [9.17, 15) is 4.79 Å². The van der Waals surface area contributed by atoms with Crippen molar-refractivity contribution in [3.8, 4) is 0 Å². The quantitative estimate of drug-likeness (QED) is 0.539. The zero-order valence-corrected chi connectivity index (χ0v) is 11.6. The lowest BCUT2D eigenvalue weighted by atomic mass is 10.5. The van der Waals surface area contributed by atoms with Gasteiger partial charge < -0.3 is 10.1 Å². The Morgan fingerprint density at radius 2 is 1.73 bits per heavy atom. The van der Waals surface area contributed by atoms with Crippen LogP contribution in [0.15, 0.2) is 0 Å². The second kappa shape index (κ2) is 7.74. The number of hydrogen-bond donors (Lipinski definition) is 1. The predicted octanol–water partition coefficient (Wildman–Crippen LogP) is 3.24. The van der Waals surface area contributed by atoms with Crippen LogP contribution in [0.3, 0.4) is 0 Å². The summed E-state index contributed by atoms with van der Waals surface area (Å²) in [4.78, 5) is 10.8. The van der Waals surface area contributed by atoms with Crippen LogP contribution in [0.1, 0.15) is 27.2 Å². The molecule has 0 saturated heterocycles.